The summed E-state index contributed by atoms with van der Waals surface area (Å²) in [5.74, 6) is -2.30. The van der Waals surface area contributed by atoms with Crippen molar-refractivity contribution in [2.45, 2.75) is 55.5 Å². The van der Waals surface area contributed by atoms with Gasteiger partial charge < -0.3 is 4.90 Å². The van der Waals surface area contributed by atoms with Crippen molar-refractivity contribution in [1.82, 2.24) is 13.5 Å². The first-order chi connectivity index (χ1) is 16.3. The zero-order valence-corrected chi connectivity index (χ0v) is 21.6. The smallest absolute Gasteiger partial charge is 0.342 e. The Morgan fingerprint density at radius 2 is 1.54 bits per heavy atom. The van der Waals surface area contributed by atoms with Crippen molar-refractivity contribution in [3.05, 3.63) is 24.3 Å². The molecule has 1 amide bonds. The van der Waals surface area contributed by atoms with Gasteiger partial charge in [-0.15, -0.1) is 10.8 Å². The number of benzene rings is 1. The molecule has 0 aliphatic carbocycles. The molecule has 2 saturated heterocycles. The molecule has 3 rings (SSSR count). The molecule has 2 fully saturated rings. The summed E-state index contributed by atoms with van der Waals surface area (Å²) in [7, 11) is -7.16. The van der Waals surface area contributed by atoms with E-state index < -0.39 is 38.8 Å². The SMILES string of the molecule is CCN(CC)S(O)(O)c1ccc(S(=O)(=O)N2CCC[C@@H](C(=O)N3CCC(C(F)(F)F)CC3)C2)cc1. The number of sulfonamides is 1. The van der Waals surface area contributed by atoms with Crippen molar-refractivity contribution in [2.24, 2.45) is 11.8 Å². The summed E-state index contributed by atoms with van der Waals surface area (Å²) in [6.07, 6.45) is -3.59. The topological polar surface area (TPSA) is 101 Å². The molecule has 200 valence electrons. The Kier molecular flexibility index (Phi) is 8.81. The molecule has 0 saturated carbocycles. The minimum absolute atomic E-state index is 0.0184. The van der Waals surface area contributed by atoms with Gasteiger partial charge in [-0.3, -0.25) is 13.9 Å². The van der Waals surface area contributed by atoms with Gasteiger partial charge in [-0.2, -0.15) is 17.5 Å². The molecule has 2 aliphatic heterocycles. The highest BCUT2D eigenvalue weighted by Crippen LogP contribution is 2.51. The molecule has 2 N–H and O–H groups in total. The van der Waals surface area contributed by atoms with Crippen molar-refractivity contribution in [3.63, 3.8) is 0 Å². The van der Waals surface area contributed by atoms with Crippen LogP contribution in [0.2, 0.25) is 0 Å². The van der Waals surface area contributed by atoms with Gasteiger partial charge in [-0.1, -0.05) is 13.8 Å². The number of hydrogen-bond donors (Lipinski definition) is 2. The molecule has 13 heteroatoms. The van der Waals surface area contributed by atoms with Gasteiger partial charge in [0.05, 0.1) is 21.6 Å². The summed E-state index contributed by atoms with van der Waals surface area (Å²) in [6, 6.07) is 5.43. The molecule has 2 aliphatic rings. The van der Waals surface area contributed by atoms with Crippen LogP contribution in [0.4, 0.5) is 13.2 Å². The summed E-state index contributed by atoms with van der Waals surface area (Å²) in [5.41, 5.74) is 0. The second kappa shape index (κ2) is 10.9. The minimum Gasteiger partial charge on any atom is -0.342 e. The molecule has 0 unspecified atom stereocenters. The van der Waals surface area contributed by atoms with Crippen LogP contribution in [0.1, 0.15) is 39.5 Å². The number of halogens is 3. The maximum Gasteiger partial charge on any atom is 0.391 e. The number of hydrogen-bond acceptors (Lipinski definition) is 6. The molecule has 1 aromatic rings. The first kappa shape index (κ1) is 28.2. The fraction of sp³-hybridized carbons (Fsp3) is 0.682. The Hall–Kier alpha value is -1.38. The first-order valence-electron chi connectivity index (χ1n) is 11.8. The fourth-order valence-electron chi connectivity index (χ4n) is 4.72. The third-order valence-corrected chi connectivity index (χ3v) is 10.9. The summed E-state index contributed by atoms with van der Waals surface area (Å²) in [4.78, 5) is 14.6. The van der Waals surface area contributed by atoms with Gasteiger partial charge in [0.1, 0.15) is 0 Å². The number of piperidine rings is 2. The normalized spacial score (nSPS) is 21.9. The number of alkyl halides is 3. The predicted molar refractivity (Wildman–Crippen MR) is 127 cm³/mol. The monoisotopic (exact) mass is 541 g/mol. The Labute approximate surface area is 206 Å². The van der Waals surface area contributed by atoms with E-state index in [1.54, 1.807) is 13.8 Å². The van der Waals surface area contributed by atoms with Gasteiger partial charge in [0.2, 0.25) is 15.9 Å². The van der Waals surface area contributed by atoms with Crippen LogP contribution in [0.15, 0.2) is 34.1 Å². The van der Waals surface area contributed by atoms with E-state index in [-0.39, 0.29) is 54.7 Å². The Morgan fingerprint density at radius 1 is 1.00 bits per heavy atom. The molecule has 2 heterocycles. The predicted octanol–water partition coefficient (Wildman–Crippen LogP) is 4.25. The molecular formula is C22H34F3N3O5S2. The molecular weight excluding hydrogens is 507 g/mol. The van der Waals surface area contributed by atoms with E-state index >= 15 is 0 Å². The van der Waals surface area contributed by atoms with Crippen LogP contribution < -0.4 is 0 Å². The van der Waals surface area contributed by atoms with E-state index in [1.165, 1.54) is 37.8 Å². The third-order valence-electron chi connectivity index (χ3n) is 6.85. The third kappa shape index (κ3) is 6.13. The average Bonchev–Trinajstić information content (AvgIpc) is 2.84. The van der Waals surface area contributed by atoms with Crippen LogP contribution in [0.3, 0.4) is 0 Å². The maximum atomic E-state index is 13.2. The minimum atomic E-state index is -4.26. The number of amides is 1. The number of likely N-dealkylation sites (tertiary alicyclic amines) is 1. The van der Waals surface area contributed by atoms with Crippen molar-refractivity contribution in [1.29, 1.82) is 0 Å². The summed E-state index contributed by atoms with van der Waals surface area (Å²) in [5, 5.41) is 0. The van der Waals surface area contributed by atoms with Crippen molar-refractivity contribution in [2.75, 3.05) is 39.3 Å². The molecule has 0 aromatic heterocycles. The highest BCUT2D eigenvalue weighted by Gasteiger charge is 2.43. The van der Waals surface area contributed by atoms with E-state index in [4.69, 9.17) is 0 Å². The molecule has 1 atom stereocenters. The lowest BCUT2D eigenvalue weighted by atomic mass is 9.93. The zero-order chi connectivity index (χ0) is 26.0. The van der Waals surface area contributed by atoms with Gasteiger partial charge in [0.25, 0.3) is 0 Å². The van der Waals surface area contributed by atoms with E-state index in [9.17, 15) is 35.5 Å². The molecule has 0 bridgehead atoms. The number of rotatable bonds is 7. The van der Waals surface area contributed by atoms with Crippen LogP contribution in [-0.2, 0) is 14.8 Å². The molecule has 8 nitrogen and oxygen atoms in total. The van der Waals surface area contributed by atoms with Gasteiger partial charge in [0, 0.05) is 39.3 Å². The highest BCUT2D eigenvalue weighted by molar-refractivity contribution is 8.22. The largest absolute Gasteiger partial charge is 0.391 e. The Bertz CT molecular complexity index is 977. The lowest BCUT2D eigenvalue weighted by Crippen LogP contribution is -2.49. The van der Waals surface area contributed by atoms with Gasteiger partial charge >= 0.3 is 6.18 Å². The lowest BCUT2D eigenvalue weighted by Gasteiger charge is -2.42. The lowest BCUT2D eigenvalue weighted by molar-refractivity contribution is -0.187. The quantitative estimate of drug-likeness (QED) is 0.535. The number of nitrogens with zero attached hydrogens (tertiary/aromatic N) is 3. The summed E-state index contributed by atoms with van der Waals surface area (Å²) >= 11 is 0. The second-order valence-electron chi connectivity index (χ2n) is 8.95. The van der Waals surface area contributed by atoms with Crippen molar-refractivity contribution >= 4 is 26.7 Å². The van der Waals surface area contributed by atoms with Gasteiger partial charge in [-0.05, 0) is 49.9 Å². The first-order valence-corrected chi connectivity index (χ1v) is 14.8. The van der Waals surface area contributed by atoms with E-state index in [0.29, 0.717) is 25.9 Å². The van der Waals surface area contributed by atoms with Crippen molar-refractivity contribution < 1.29 is 35.5 Å². The molecule has 1 aromatic carbocycles. The van der Waals surface area contributed by atoms with E-state index in [0.717, 1.165) is 0 Å². The standard InChI is InChI=1S/C22H34F3N3O5S2/c1-3-27(4-2)34(30,31)19-7-9-20(10-8-19)35(32,33)28-13-5-6-17(16-28)21(29)26-14-11-18(12-15-26)22(23,24)25/h7-10,17-18,30-31H,3-6,11-16H2,1-2H3/t17-/m1/s1. The highest BCUT2D eigenvalue weighted by atomic mass is 32.3. The zero-order valence-electron chi connectivity index (χ0n) is 19.9. The summed E-state index contributed by atoms with van der Waals surface area (Å²) < 4.78 is 89.1. The summed E-state index contributed by atoms with van der Waals surface area (Å²) in [6.45, 7) is 4.66. The van der Waals surface area contributed by atoms with Crippen LogP contribution >= 0.6 is 10.8 Å². The van der Waals surface area contributed by atoms with E-state index in [2.05, 4.69) is 0 Å². The van der Waals surface area contributed by atoms with Crippen LogP contribution in [0.25, 0.3) is 0 Å². The van der Waals surface area contributed by atoms with Gasteiger partial charge in [-0.25, -0.2) is 12.7 Å². The van der Waals surface area contributed by atoms with Crippen LogP contribution in [-0.4, -0.2) is 82.4 Å². The van der Waals surface area contributed by atoms with Gasteiger partial charge in [0.15, 0.2) is 0 Å². The van der Waals surface area contributed by atoms with Crippen LogP contribution in [0.5, 0.6) is 0 Å². The maximum absolute atomic E-state index is 13.2. The molecule has 0 spiro atoms. The number of carbonyl (C=O) groups is 1. The average molecular weight is 542 g/mol. The Balaban J connectivity index is 1.68. The van der Waals surface area contributed by atoms with Crippen LogP contribution in [0, 0.1) is 11.8 Å². The van der Waals surface area contributed by atoms with E-state index in [1.807, 2.05) is 0 Å². The Morgan fingerprint density at radius 3 is 2.06 bits per heavy atom. The molecule has 35 heavy (non-hydrogen) atoms. The van der Waals surface area contributed by atoms with Crippen molar-refractivity contribution in [3.8, 4) is 0 Å². The fourth-order valence-corrected chi connectivity index (χ4v) is 7.77. The second-order valence-corrected chi connectivity index (χ2v) is 12.9. The number of carbonyl (C=O) groups excluding carboxylic acids is 1. The molecule has 0 radical (unpaired) electrons.